The minimum atomic E-state index is 0. The standard InChI is InChI=1S/C23H37N5O.HI/c1-18-13-20(10-12-27(18)15-19-7-4-3-5-8-19)26-23(24-2)25-14-22-16-28-11-6-9-21(28)17-29-22;/h3-5,7-8,18,20-22H,6,9-17H2,1-2H3,(H2,24,25,26);1H. The number of aliphatic imine (C=N–C) groups is 1. The number of benzene rings is 1. The van der Waals surface area contributed by atoms with Crippen LogP contribution in [0.3, 0.4) is 0 Å². The summed E-state index contributed by atoms with van der Waals surface area (Å²) in [6, 6.07) is 12.5. The van der Waals surface area contributed by atoms with Gasteiger partial charge in [-0.15, -0.1) is 24.0 Å². The SMILES string of the molecule is CN=C(NCC1CN2CCCC2CO1)NC1CCN(Cc2ccccc2)C(C)C1.I. The van der Waals surface area contributed by atoms with Gasteiger partial charge >= 0.3 is 0 Å². The molecule has 0 radical (unpaired) electrons. The number of halogens is 1. The number of ether oxygens (including phenoxy) is 1. The molecule has 4 unspecified atom stereocenters. The van der Waals surface area contributed by atoms with Crippen LogP contribution < -0.4 is 10.6 Å². The first-order valence-corrected chi connectivity index (χ1v) is 11.3. The topological polar surface area (TPSA) is 52.1 Å². The molecule has 7 heteroatoms. The zero-order chi connectivity index (χ0) is 20.1. The highest BCUT2D eigenvalue weighted by molar-refractivity contribution is 14.0. The molecule has 0 aliphatic carbocycles. The maximum absolute atomic E-state index is 6.07. The van der Waals surface area contributed by atoms with Crippen LogP contribution in [0, 0.1) is 0 Å². The lowest BCUT2D eigenvalue weighted by Gasteiger charge is -2.39. The molecule has 0 amide bonds. The molecule has 0 aromatic heterocycles. The van der Waals surface area contributed by atoms with E-state index in [2.05, 4.69) is 62.7 Å². The van der Waals surface area contributed by atoms with Crippen LogP contribution in [0.25, 0.3) is 0 Å². The number of guanidine groups is 1. The Morgan fingerprint density at radius 3 is 2.80 bits per heavy atom. The highest BCUT2D eigenvalue weighted by Gasteiger charge is 2.32. The second-order valence-corrected chi connectivity index (χ2v) is 8.87. The van der Waals surface area contributed by atoms with E-state index in [1.54, 1.807) is 0 Å². The molecule has 3 heterocycles. The van der Waals surface area contributed by atoms with E-state index in [0.29, 0.717) is 18.1 Å². The summed E-state index contributed by atoms with van der Waals surface area (Å²) in [5.41, 5.74) is 1.40. The number of nitrogens with zero attached hydrogens (tertiary/aromatic N) is 3. The third kappa shape index (κ3) is 6.31. The number of likely N-dealkylation sites (tertiary alicyclic amines) is 1. The minimum Gasteiger partial charge on any atom is -0.373 e. The molecule has 30 heavy (non-hydrogen) atoms. The number of hydrogen-bond donors (Lipinski definition) is 2. The lowest BCUT2D eigenvalue weighted by molar-refractivity contribution is -0.0453. The number of piperidine rings is 1. The average molecular weight is 527 g/mol. The average Bonchev–Trinajstić information content (AvgIpc) is 3.21. The lowest BCUT2D eigenvalue weighted by Crippen LogP contribution is -2.54. The Morgan fingerprint density at radius 1 is 1.20 bits per heavy atom. The van der Waals surface area contributed by atoms with Crippen LogP contribution in [0.4, 0.5) is 0 Å². The highest BCUT2D eigenvalue weighted by atomic mass is 127. The van der Waals surface area contributed by atoms with E-state index in [1.807, 2.05) is 7.05 Å². The lowest BCUT2D eigenvalue weighted by atomic mass is 9.97. The molecule has 168 valence electrons. The third-order valence-electron chi connectivity index (χ3n) is 6.77. The predicted octanol–water partition coefficient (Wildman–Crippen LogP) is 2.69. The molecule has 3 aliphatic rings. The molecule has 3 saturated heterocycles. The summed E-state index contributed by atoms with van der Waals surface area (Å²) in [6.07, 6.45) is 5.16. The van der Waals surface area contributed by atoms with Crippen LogP contribution in [-0.2, 0) is 11.3 Å². The summed E-state index contributed by atoms with van der Waals surface area (Å²) in [5, 5.41) is 7.16. The van der Waals surface area contributed by atoms with E-state index >= 15 is 0 Å². The Labute approximate surface area is 198 Å². The fourth-order valence-electron chi connectivity index (χ4n) is 5.01. The summed E-state index contributed by atoms with van der Waals surface area (Å²) in [6.45, 7) is 8.49. The first-order chi connectivity index (χ1) is 14.2. The van der Waals surface area contributed by atoms with Crippen LogP contribution in [0.5, 0.6) is 0 Å². The quantitative estimate of drug-likeness (QED) is 0.351. The third-order valence-corrected chi connectivity index (χ3v) is 6.77. The van der Waals surface area contributed by atoms with E-state index in [4.69, 9.17) is 4.74 Å². The van der Waals surface area contributed by atoms with Gasteiger partial charge in [-0.3, -0.25) is 14.8 Å². The summed E-state index contributed by atoms with van der Waals surface area (Å²) in [5.74, 6) is 0.908. The van der Waals surface area contributed by atoms with Gasteiger partial charge in [0, 0.05) is 51.4 Å². The zero-order valence-corrected chi connectivity index (χ0v) is 20.8. The molecule has 0 spiro atoms. The monoisotopic (exact) mass is 527 g/mol. The molecule has 3 aliphatic heterocycles. The van der Waals surface area contributed by atoms with Crippen molar-refractivity contribution in [2.45, 2.75) is 63.4 Å². The number of hydrogen-bond acceptors (Lipinski definition) is 4. The van der Waals surface area contributed by atoms with Crippen LogP contribution in [0.15, 0.2) is 35.3 Å². The normalized spacial score (nSPS) is 30.4. The molecule has 4 atom stereocenters. The van der Waals surface area contributed by atoms with E-state index in [9.17, 15) is 0 Å². The summed E-state index contributed by atoms with van der Waals surface area (Å²) in [7, 11) is 1.86. The van der Waals surface area contributed by atoms with Gasteiger partial charge in [0.2, 0.25) is 0 Å². The first kappa shape index (κ1) is 23.8. The van der Waals surface area contributed by atoms with Crippen molar-refractivity contribution in [2.75, 3.05) is 39.8 Å². The second-order valence-electron chi connectivity index (χ2n) is 8.87. The predicted molar refractivity (Wildman–Crippen MR) is 134 cm³/mol. The first-order valence-electron chi connectivity index (χ1n) is 11.3. The van der Waals surface area contributed by atoms with Crippen molar-refractivity contribution in [2.24, 2.45) is 4.99 Å². The summed E-state index contributed by atoms with van der Waals surface area (Å²) < 4.78 is 6.07. The van der Waals surface area contributed by atoms with Gasteiger partial charge in [0.05, 0.1) is 12.7 Å². The van der Waals surface area contributed by atoms with Crippen LogP contribution in [0.2, 0.25) is 0 Å². The highest BCUT2D eigenvalue weighted by Crippen LogP contribution is 2.22. The Morgan fingerprint density at radius 2 is 2.03 bits per heavy atom. The molecule has 3 fully saturated rings. The van der Waals surface area contributed by atoms with Crippen molar-refractivity contribution in [3.05, 3.63) is 35.9 Å². The Balaban J connectivity index is 0.00000256. The van der Waals surface area contributed by atoms with E-state index in [-0.39, 0.29) is 30.1 Å². The van der Waals surface area contributed by atoms with Crippen molar-refractivity contribution in [3.63, 3.8) is 0 Å². The van der Waals surface area contributed by atoms with Gasteiger partial charge in [-0.1, -0.05) is 30.3 Å². The van der Waals surface area contributed by atoms with Gasteiger partial charge in [-0.25, -0.2) is 0 Å². The van der Waals surface area contributed by atoms with Gasteiger partial charge in [-0.2, -0.15) is 0 Å². The largest absolute Gasteiger partial charge is 0.373 e. The molecule has 2 N–H and O–H groups in total. The van der Waals surface area contributed by atoms with Gasteiger partial charge < -0.3 is 15.4 Å². The maximum atomic E-state index is 6.07. The van der Waals surface area contributed by atoms with Crippen molar-refractivity contribution < 1.29 is 4.74 Å². The van der Waals surface area contributed by atoms with Crippen molar-refractivity contribution >= 4 is 29.9 Å². The molecule has 4 rings (SSSR count). The number of morpholine rings is 1. The van der Waals surface area contributed by atoms with Crippen LogP contribution in [-0.4, -0.2) is 79.8 Å². The number of rotatable bonds is 5. The van der Waals surface area contributed by atoms with Crippen molar-refractivity contribution in [1.82, 2.24) is 20.4 Å². The molecule has 1 aromatic rings. The minimum absolute atomic E-state index is 0. The van der Waals surface area contributed by atoms with Crippen LogP contribution in [0.1, 0.15) is 38.2 Å². The van der Waals surface area contributed by atoms with Gasteiger partial charge in [-0.05, 0) is 44.7 Å². The number of nitrogens with one attached hydrogen (secondary N) is 2. The molecule has 0 bridgehead atoms. The van der Waals surface area contributed by atoms with E-state index < -0.39 is 0 Å². The van der Waals surface area contributed by atoms with E-state index in [0.717, 1.165) is 51.6 Å². The molecular weight excluding hydrogens is 489 g/mol. The van der Waals surface area contributed by atoms with Crippen LogP contribution >= 0.6 is 24.0 Å². The second kappa shape index (κ2) is 11.6. The number of fused-ring (bicyclic) bond motifs is 1. The summed E-state index contributed by atoms with van der Waals surface area (Å²) in [4.78, 5) is 9.64. The molecule has 1 aromatic carbocycles. The van der Waals surface area contributed by atoms with Gasteiger partial charge in [0.15, 0.2) is 5.96 Å². The van der Waals surface area contributed by atoms with Crippen molar-refractivity contribution in [1.29, 1.82) is 0 Å². The molecular formula is C23H38IN5O. The van der Waals surface area contributed by atoms with Gasteiger partial charge in [0.25, 0.3) is 0 Å². The van der Waals surface area contributed by atoms with E-state index in [1.165, 1.54) is 24.9 Å². The zero-order valence-electron chi connectivity index (χ0n) is 18.4. The Kier molecular flexibility index (Phi) is 9.22. The fourth-order valence-corrected chi connectivity index (χ4v) is 5.01. The Bertz CT molecular complexity index is 673. The maximum Gasteiger partial charge on any atom is 0.191 e. The fraction of sp³-hybridized carbons (Fsp3) is 0.696. The summed E-state index contributed by atoms with van der Waals surface area (Å²) >= 11 is 0. The smallest absolute Gasteiger partial charge is 0.191 e. The van der Waals surface area contributed by atoms with Crippen molar-refractivity contribution in [3.8, 4) is 0 Å². The Hall–Kier alpha value is -0.900. The van der Waals surface area contributed by atoms with Gasteiger partial charge in [0.1, 0.15) is 0 Å². The molecule has 6 nitrogen and oxygen atoms in total. The molecule has 0 saturated carbocycles.